The Morgan fingerprint density at radius 1 is 1.56 bits per heavy atom. The first-order valence-corrected chi connectivity index (χ1v) is 6.86. The van der Waals surface area contributed by atoms with Crippen LogP contribution < -0.4 is 10.6 Å². The Kier molecular flexibility index (Phi) is 6.60. The number of nitrogens with zero attached hydrogens (tertiary/aromatic N) is 1. The molecule has 1 saturated heterocycles. The summed E-state index contributed by atoms with van der Waals surface area (Å²) in [4.78, 5) is 13.7. The summed E-state index contributed by atoms with van der Waals surface area (Å²) in [7, 11) is 1.84. The van der Waals surface area contributed by atoms with Crippen molar-refractivity contribution in [2.45, 2.75) is 45.3 Å². The van der Waals surface area contributed by atoms with Crippen LogP contribution in [-0.2, 0) is 9.53 Å². The molecule has 1 aliphatic rings. The third kappa shape index (κ3) is 4.92. The second-order valence-corrected chi connectivity index (χ2v) is 5.10. The Bertz CT molecular complexity index is 255. The molecule has 0 bridgehead atoms. The summed E-state index contributed by atoms with van der Waals surface area (Å²) < 4.78 is 5.43. The molecule has 1 rings (SSSR count). The number of morpholine rings is 1. The predicted octanol–water partition coefficient (Wildman–Crippen LogP) is 0.210. The summed E-state index contributed by atoms with van der Waals surface area (Å²) in [5.41, 5.74) is 0. The van der Waals surface area contributed by atoms with Crippen LogP contribution in [0.1, 0.15) is 27.2 Å². The van der Waals surface area contributed by atoms with Gasteiger partial charge in [-0.25, -0.2) is 0 Å². The summed E-state index contributed by atoms with van der Waals surface area (Å²) in [6.07, 6.45) is 0.980. The van der Waals surface area contributed by atoms with Crippen LogP contribution in [0.15, 0.2) is 0 Å². The van der Waals surface area contributed by atoms with E-state index in [1.807, 2.05) is 20.9 Å². The second-order valence-electron chi connectivity index (χ2n) is 5.10. The van der Waals surface area contributed by atoms with E-state index in [1.54, 1.807) is 4.90 Å². The van der Waals surface area contributed by atoms with E-state index in [4.69, 9.17) is 4.74 Å². The third-order valence-electron chi connectivity index (χ3n) is 3.39. The van der Waals surface area contributed by atoms with Gasteiger partial charge >= 0.3 is 0 Å². The minimum Gasteiger partial charge on any atom is -0.379 e. The van der Waals surface area contributed by atoms with Gasteiger partial charge in [-0.2, -0.15) is 0 Å². The molecule has 0 aromatic rings. The van der Waals surface area contributed by atoms with Crippen LogP contribution in [0.2, 0.25) is 0 Å². The zero-order valence-corrected chi connectivity index (χ0v) is 12.0. The molecule has 106 valence electrons. The Labute approximate surface area is 110 Å². The van der Waals surface area contributed by atoms with E-state index in [-0.39, 0.29) is 11.9 Å². The average Bonchev–Trinajstić information content (AvgIpc) is 2.37. The van der Waals surface area contributed by atoms with Gasteiger partial charge in [-0.1, -0.05) is 0 Å². The predicted molar refractivity (Wildman–Crippen MR) is 72.6 cm³/mol. The van der Waals surface area contributed by atoms with Crippen molar-refractivity contribution in [3.8, 4) is 0 Å². The van der Waals surface area contributed by atoms with Gasteiger partial charge in [0.2, 0.25) is 5.91 Å². The molecule has 0 aliphatic carbocycles. The quantitative estimate of drug-likeness (QED) is 0.714. The van der Waals surface area contributed by atoms with Crippen LogP contribution in [0.3, 0.4) is 0 Å². The molecule has 1 heterocycles. The van der Waals surface area contributed by atoms with Gasteiger partial charge in [-0.3, -0.25) is 4.79 Å². The summed E-state index contributed by atoms with van der Waals surface area (Å²) in [6, 6.07) is 0.565. The summed E-state index contributed by atoms with van der Waals surface area (Å²) in [5, 5.41) is 6.78. The zero-order chi connectivity index (χ0) is 13.5. The van der Waals surface area contributed by atoms with E-state index >= 15 is 0 Å². The number of ether oxygens (including phenoxy) is 1. The molecule has 3 unspecified atom stereocenters. The summed E-state index contributed by atoms with van der Waals surface area (Å²) >= 11 is 0. The van der Waals surface area contributed by atoms with Gasteiger partial charge in [-0.15, -0.1) is 0 Å². The van der Waals surface area contributed by atoms with Crippen molar-refractivity contribution in [2.24, 2.45) is 0 Å². The molecule has 5 heteroatoms. The molecular formula is C13H27N3O2. The van der Waals surface area contributed by atoms with E-state index in [0.717, 1.165) is 32.7 Å². The minimum atomic E-state index is -0.130. The molecule has 0 spiro atoms. The van der Waals surface area contributed by atoms with Crippen molar-refractivity contribution < 1.29 is 9.53 Å². The highest BCUT2D eigenvalue weighted by molar-refractivity contribution is 5.81. The molecule has 1 amide bonds. The molecule has 0 radical (unpaired) electrons. The van der Waals surface area contributed by atoms with Crippen LogP contribution >= 0.6 is 0 Å². The Balaban J connectivity index is 2.29. The molecule has 2 N–H and O–H groups in total. The van der Waals surface area contributed by atoms with Gasteiger partial charge in [0, 0.05) is 32.2 Å². The lowest BCUT2D eigenvalue weighted by molar-refractivity contribution is -0.131. The van der Waals surface area contributed by atoms with Gasteiger partial charge in [-0.05, 0) is 27.2 Å². The maximum atomic E-state index is 11.9. The van der Waals surface area contributed by atoms with Crippen LogP contribution in [0.25, 0.3) is 0 Å². The number of nitrogens with one attached hydrogen (secondary N) is 2. The van der Waals surface area contributed by atoms with Crippen molar-refractivity contribution >= 4 is 5.91 Å². The van der Waals surface area contributed by atoms with Crippen molar-refractivity contribution in [1.29, 1.82) is 0 Å². The molecule has 1 aliphatic heterocycles. The number of likely N-dealkylation sites (N-methyl/N-ethyl adjacent to an activating group) is 1. The van der Waals surface area contributed by atoms with Crippen LogP contribution in [0, 0.1) is 0 Å². The average molecular weight is 257 g/mol. The molecule has 0 aromatic heterocycles. The lowest BCUT2D eigenvalue weighted by atomic mass is 10.1. The van der Waals surface area contributed by atoms with Gasteiger partial charge in [0.25, 0.3) is 0 Å². The van der Waals surface area contributed by atoms with E-state index in [1.165, 1.54) is 0 Å². The first-order valence-electron chi connectivity index (χ1n) is 6.86. The van der Waals surface area contributed by atoms with E-state index in [9.17, 15) is 4.79 Å². The number of hydrogen-bond donors (Lipinski definition) is 2. The molecular weight excluding hydrogens is 230 g/mol. The van der Waals surface area contributed by atoms with Crippen molar-refractivity contribution in [2.75, 3.05) is 33.4 Å². The van der Waals surface area contributed by atoms with Crippen molar-refractivity contribution in [3.05, 3.63) is 0 Å². The normalized spacial score (nSPS) is 23.4. The largest absolute Gasteiger partial charge is 0.379 e. The monoisotopic (exact) mass is 257 g/mol. The topological polar surface area (TPSA) is 53.6 Å². The number of rotatable bonds is 6. The van der Waals surface area contributed by atoms with Gasteiger partial charge in [0.1, 0.15) is 0 Å². The van der Waals surface area contributed by atoms with Crippen molar-refractivity contribution in [3.63, 3.8) is 0 Å². The number of carbonyl (C=O) groups is 1. The fourth-order valence-electron chi connectivity index (χ4n) is 2.25. The highest BCUT2D eigenvalue weighted by atomic mass is 16.5. The van der Waals surface area contributed by atoms with Gasteiger partial charge in [0.15, 0.2) is 0 Å². The third-order valence-corrected chi connectivity index (χ3v) is 3.39. The zero-order valence-electron chi connectivity index (χ0n) is 12.0. The highest BCUT2D eigenvalue weighted by Crippen LogP contribution is 2.04. The van der Waals surface area contributed by atoms with Gasteiger partial charge < -0.3 is 20.3 Å². The van der Waals surface area contributed by atoms with E-state index in [2.05, 4.69) is 17.6 Å². The maximum Gasteiger partial charge on any atom is 0.239 e. The molecule has 0 saturated carbocycles. The number of carbonyl (C=O) groups excluding carboxylic acids is 1. The molecule has 18 heavy (non-hydrogen) atoms. The van der Waals surface area contributed by atoms with Crippen LogP contribution in [0.5, 0.6) is 0 Å². The molecule has 3 atom stereocenters. The lowest BCUT2D eigenvalue weighted by Gasteiger charge is -2.29. The minimum absolute atomic E-state index is 0.130. The van der Waals surface area contributed by atoms with Crippen LogP contribution in [-0.4, -0.2) is 62.3 Å². The smallest absolute Gasteiger partial charge is 0.239 e. The molecule has 0 aromatic carbocycles. The molecule has 1 fully saturated rings. The fraction of sp³-hybridized carbons (Fsp3) is 0.923. The van der Waals surface area contributed by atoms with Crippen molar-refractivity contribution in [1.82, 2.24) is 15.5 Å². The Hall–Kier alpha value is -0.650. The van der Waals surface area contributed by atoms with E-state index < -0.39 is 0 Å². The summed E-state index contributed by atoms with van der Waals surface area (Å²) in [6.45, 7) is 9.26. The standard InChI is InChI=1S/C13H27N3O2/c1-5-16(4)13(17)11(3)15-10(2)8-12-9-18-7-6-14-12/h10-12,14-15H,5-9H2,1-4H3. The van der Waals surface area contributed by atoms with E-state index in [0.29, 0.717) is 12.1 Å². The Morgan fingerprint density at radius 3 is 2.83 bits per heavy atom. The lowest BCUT2D eigenvalue weighted by Crippen LogP contribution is -2.50. The first-order chi connectivity index (χ1) is 8.54. The maximum absolute atomic E-state index is 11.9. The second kappa shape index (κ2) is 7.71. The fourth-order valence-corrected chi connectivity index (χ4v) is 2.25. The SMILES string of the molecule is CCN(C)C(=O)C(C)NC(C)CC1COCCN1. The Morgan fingerprint density at radius 2 is 2.28 bits per heavy atom. The molecule has 5 nitrogen and oxygen atoms in total. The highest BCUT2D eigenvalue weighted by Gasteiger charge is 2.21. The first kappa shape index (κ1) is 15.4. The number of hydrogen-bond acceptors (Lipinski definition) is 4. The number of amides is 1. The van der Waals surface area contributed by atoms with Crippen LogP contribution in [0.4, 0.5) is 0 Å². The summed E-state index contributed by atoms with van der Waals surface area (Å²) in [5.74, 6) is 0.150. The van der Waals surface area contributed by atoms with Gasteiger partial charge in [0.05, 0.1) is 19.3 Å².